The van der Waals surface area contributed by atoms with Crippen LogP contribution >= 0.6 is 0 Å². The minimum absolute atomic E-state index is 0.00286. The summed E-state index contributed by atoms with van der Waals surface area (Å²) in [7, 11) is 0. The van der Waals surface area contributed by atoms with Crippen LogP contribution in [0.1, 0.15) is 53.2 Å². The molecule has 0 bridgehead atoms. The molecule has 2 aliphatic rings. The molecule has 2 N–H and O–H groups in total. The molecule has 1 saturated carbocycles. The van der Waals surface area contributed by atoms with E-state index >= 15 is 0 Å². The van der Waals surface area contributed by atoms with Gasteiger partial charge in [-0.15, -0.1) is 0 Å². The monoisotopic (exact) mass is 378 g/mol. The molecule has 5 heteroatoms. The van der Waals surface area contributed by atoms with Gasteiger partial charge in [-0.3, -0.25) is 4.79 Å². The molecule has 0 unspecified atom stereocenters. The highest BCUT2D eigenvalue weighted by atomic mass is 16.4. The summed E-state index contributed by atoms with van der Waals surface area (Å²) in [5.74, 6) is -0.961. The molecule has 1 heterocycles. The number of hydrogen-bond acceptors (Lipinski definition) is 3. The van der Waals surface area contributed by atoms with Crippen LogP contribution in [0.3, 0.4) is 0 Å². The van der Waals surface area contributed by atoms with E-state index in [1.54, 1.807) is 18.2 Å². The number of carbonyl (C=O) groups is 2. The van der Waals surface area contributed by atoms with Gasteiger partial charge in [0.1, 0.15) is 0 Å². The highest BCUT2D eigenvalue weighted by molar-refractivity contribution is 5.93. The van der Waals surface area contributed by atoms with Crippen molar-refractivity contribution in [2.45, 2.75) is 37.1 Å². The maximum atomic E-state index is 13.3. The predicted octanol–water partition coefficient (Wildman–Crippen LogP) is 3.37. The van der Waals surface area contributed by atoms with Crippen LogP contribution in [-0.4, -0.2) is 41.5 Å². The number of carboxylic acids is 1. The average molecular weight is 378 g/mol. The van der Waals surface area contributed by atoms with Gasteiger partial charge in [0.15, 0.2) is 0 Å². The molecule has 0 radical (unpaired) electrons. The predicted molar refractivity (Wildman–Crippen MR) is 107 cm³/mol. The summed E-state index contributed by atoms with van der Waals surface area (Å²) >= 11 is 0. The molecular formula is C23H26N2O3. The average Bonchev–Trinajstić information content (AvgIpc) is 3.38. The molecule has 0 aromatic heterocycles. The number of aromatic carboxylic acids is 1. The standard InChI is InChI=1S/C23H26N2O3/c26-21(27)18-9-6-10-19(15-18)23(11-12-23)22(28)24-20(16-25-13-4-5-14-25)17-7-2-1-3-8-17/h1-3,6-10,15,20H,4-5,11-14,16H2,(H,24,28)(H,26,27)/t20-/m1/s1. The molecule has 28 heavy (non-hydrogen) atoms. The molecule has 1 aliphatic heterocycles. The molecule has 2 fully saturated rings. The van der Waals surface area contributed by atoms with Gasteiger partial charge in [-0.1, -0.05) is 42.5 Å². The molecule has 4 rings (SSSR count). The maximum Gasteiger partial charge on any atom is 0.335 e. The Labute approximate surface area is 165 Å². The van der Waals surface area contributed by atoms with Crippen molar-refractivity contribution in [1.29, 1.82) is 0 Å². The Balaban J connectivity index is 1.55. The van der Waals surface area contributed by atoms with Crippen molar-refractivity contribution in [2.75, 3.05) is 19.6 Å². The Hall–Kier alpha value is -2.66. The SMILES string of the molecule is O=C(O)c1cccc(C2(C(=O)N[C@H](CN3CCCC3)c3ccccc3)CC2)c1. The summed E-state index contributed by atoms with van der Waals surface area (Å²) in [4.78, 5) is 27.0. The smallest absolute Gasteiger partial charge is 0.335 e. The lowest BCUT2D eigenvalue weighted by Crippen LogP contribution is -2.42. The normalized spacial score (nSPS) is 19.1. The van der Waals surface area contributed by atoms with Crippen molar-refractivity contribution in [3.05, 3.63) is 71.3 Å². The summed E-state index contributed by atoms with van der Waals surface area (Å²) in [6, 6.07) is 16.9. The molecule has 1 amide bonds. The molecule has 1 atom stereocenters. The first kappa shape index (κ1) is 18.7. The molecule has 2 aromatic carbocycles. The third-order valence-electron chi connectivity index (χ3n) is 5.99. The van der Waals surface area contributed by atoms with Gasteiger partial charge in [-0.25, -0.2) is 4.79 Å². The fourth-order valence-corrected chi connectivity index (χ4v) is 4.16. The minimum atomic E-state index is -0.964. The Kier molecular flexibility index (Phi) is 5.18. The summed E-state index contributed by atoms with van der Waals surface area (Å²) in [5, 5.41) is 12.6. The van der Waals surface area contributed by atoms with Gasteiger partial charge < -0.3 is 15.3 Å². The third-order valence-corrected chi connectivity index (χ3v) is 5.99. The number of nitrogens with zero attached hydrogens (tertiary/aromatic N) is 1. The molecule has 146 valence electrons. The van der Waals surface area contributed by atoms with Gasteiger partial charge in [0.05, 0.1) is 17.0 Å². The Bertz CT molecular complexity index is 855. The second kappa shape index (κ2) is 7.76. The van der Waals surface area contributed by atoms with Crippen LogP contribution in [0.15, 0.2) is 54.6 Å². The van der Waals surface area contributed by atoms with Crippen molar-refractivity contribution in [3.8, 4) is 0 Å². The van der Waals surface area contributed by atoms with Crippen LogP contribution in [0.2, 0.25) is 0 Å². The fourth-order valence-electron chi connectivity index (χ4n) is 4.16. The minimum Gasteiger partial charge on any atom is -0.478 e. The van der Waals surface area contributed by atoms with Crippen molar-refractivity contribution in [3.63, 3.8) is 0 Å². The lowest BCUT2D eigenvalue weighted by atomic mass is 9.92. The van der Waals surface area contributed by atoms with E-state index in [0.717, 1.165) is 43.6 Å². The molecule has 2 aromatic rings. The number of likely N-dealkylation sites (tertiary alicyclic amines) is 1. The van der Waals surface area contributed by atoms with Crippen molar-refractivity contribution < 1.29 is 14.7 Å². The fraction of sp³-hybridized carbons (Fsp3) is 0.391. The third kappa shape index (κ3) is 3.80. The van der Waals surface area contributed by atoms with Crippen LogP contribution < -0.4 is 5.32 Å². The van der Waals surface area contributed by atoms with E-state index in [-0.39, 0.29) is 17.5 Å². The summed E-state index contributed by atoms with van der Waals surface area (Å²) in [6.07, 6.45) is 3.93. The molecular weight excluding hydrogens is 352 g/mol. The highest BCUT2D eigenvalue weighted by Crippen LogP contribution is 2.49. The van der Waals surface area contributed by atoms with Gasteiger partial charge >= 0.3 is 5.97 Å². The first-order chi connectivity index (χ1) is 13.6. The Morgan fingerprint density at radius 3 is 2.39 bits per heavy atom. The van der Waals surface area contributed by atoms with E-state index in [9.17, 15) is 14.7 Å². The van der Waals surface area contributed by atoms with Crippen LogP contribution in [0, 0.1) is 0 Å². The number of nitrogens with one attached hydrogen (secondary N) is 1. The second-order valence-corrected chi connectivity index (χ2v) is 7.91. The van der Waals surface area contributed by atoms with Gasteiger partial charge in [0, 0.05) is 6.54 Å². The van der Waals surface area contributed by atoms with Crippen molar-refractivity contribution in [2.24, 2.45) is 0 Å². The topological polar surface area (TPSA) is 69.6 Å². The van der Waals surface area contributed by atoms with Gasteiger partial charge in [0.2, 0.25) is 5.91 Å². The lowest BCUT2D eigenvalue weighted by molar-refractivity contribution is -0.124. The van der Waals surface area contributed by atoms with Crippen LogP contribution in [0.4, 0.5) is 0 Å². The Morgan fingerprint density at radius 2 is 1.75 bits per heavy atom. The first-order valence-corrected chi connectivity index (χ1v) is 10.0. The van der Waals surface area contributed by atoms with Crippen molar-refractivity contribution in [1.82, 2.24) is 10.2 Å². The van der Waals surface area contributed by atoms with E-state index in [1.165, 1.54) is 12.8 Å². The summed E-state index contributed by atoms with van der Waals surface area (Å²) in [5.41, 5.74) is 1.55. The van der Waals surface area contributed by atoms with Crippen LogP contribution in [-0.2, 0) is 10.2 Å². The molecule has 1 saturated heterocycles. The lowest BCUT2D eigenvalue weighted by Gasteiger charge is -2.27. The zero-order valence-corrected chi connectivity index (χ0v) is 15.9. The first-order valence-electron chi connectivity index (χ1n) is 10.0. The zero-order valence-electron chi connectivity index (χ0n) is 15.9. The van der Waals surface area contributed by atoms with E-state index in [0.29, 0.717) is 0 Å². The number of benzene rings is 2. The summed E-state index contributed by atoms with van der Waals surface area (Å²) < 4.78 is 0. The van der Waals surface area contributed by atoms with E-state index < -0.39 is 11.4 Å². The van der Waals surface area contributed by atoms with Gasteiger partial charge in [-0.05, 0) is 62.0 Å². The van der Waals surface area contributed by atoms with Crippen LogP contribution in [0.5, 0.6) is 0 Å². The largest absolute Gasteiger partial charge is 0.478 e. The van der Waals surface area contributed by atoms with Crippen molar-refractivity contribution >= 4 is 11.9 Å². The zero-order chi connectivity index (χ0) is 19.6. The van der Waals surface area contributed by atoms with Crippen LogP contribution in [0.25, 0.3) is 0 Å². The molecule has 0 spiro atoms. The molecule has 1 aliphatic carbocycles. The highest BCUT2D eigenvalue weighted by Gasteiger charge is 2.51. The number of carboxylic acid groups (broad SMARTS) is 1. The van der Waals surface area contributed by atoms with Gasteiger partial charge in [-0.2, -0.15) is 0 Å². The Morgan fingerprint density at radius 1 is 1.04 bits per heavy atom. The van der Waals surface area contributed by atoms with Gasteiger partial charge in [0.25, 0.3) is 0 Å². The second-order valence-electron chi connectivity index (χ2n) is 7.91. The molecule has 5 nitrogen and oxygen atoms in total. The number of carbonyl (C=O) groups excluding carboxylic acids is 1. The van der Waals surface area contributed by atoms with E-state index in [2.05, 4.69) is 22.3 Å². The quantitative estimate of drug-likeness (QED) is 0.775. The van der Waals surface area contributed by atoms with E-state index in [1.807, 2.05) is 24.3 Å². The summed E-state index contributed by atoms with van der Waals surface area (Å²) in [6.45, 7) is 2.96. The number of rotatable bonds is 7. The number of hydrogen-bond donors (Lipinski definition) is 2. The number of amides is 1. The maximum absolute atomic E-state index is 13.3. The van der Waals surface area contributed by atoms with E-state index in [4.69, 9.17) is 0 Å².